The summed E-state index contributed by atoms with van der Waals surface area (Å²) in [6.45, 7) is 0.813. The van der Waals surface area contributed by atoms with Gasteiger partial charge in [0.2, 0.25) is 10.0 Å². The van der Waals surface area contributed by atoms with Gasteiger partial charge in [-0.3, -0.25) is 0 Å². The molecule has 1 aliphatic rings. The number of carboxylic acid groups (broad SMARTS) is 1. The van der Waals surface area contributed by atoms with Crippen molar-refractivity contribution >= 4 is 21.7 Å². The van der Waals surface area contributed by atoms with Gasteiger partial charge in [-0.05, 0) is 31.0 Å². The Bertz CT molecular complexity index is 638. The number of rotatable bonds is 5. The summed E-state index contributed by atoms with van der Waals surface area (Å²) in [5.41, 5.74) is 5.50. The van der Waals surface area contributed by atoms with E-state index in [-0.39, 0.29) is 28.8 Å². The first kappa shape index (κ1) is 15.7. The summed E-state index contributed by atoms with van der Waals surface area (Å²) >= 11 is 0. The molecule has 1 aromatic carbocycles. The van der Waals surface area contributed by atoms with Crippen LogP contribution in [0.5, 0.6) is 0 Å². The minimum atomic E-state index is -3.93. The van der Waals surface area contributed by atoms with Gasteiger partial charge in [-0.15, -0.1) is 0 Å². The Balaban J connectivity index is 2.33. The number of sulfonamides is 1. The summed E-state index contributed by atoms with van der Waals surface area (Å²) in [5, 5.41) is 9.14. The minimum absolute atomic E-state index is 0.154. The summed E-state index contributed by atoms with van der Waals surface area (Å²) in [4.78, 5) is 10.9. The molecule has 1 saturated heterocycles. The van der Waals surface area contributed by atoms with Crippen LogP contribution < -0.4 is 5.73 Å². The van der Waals surface area contributed by atoms with Crippen molar-refractivity contribution in [3.8, 4) is 0 Å². The average Bonchev–Trinajstić information content (AvgIpc) is 2.91. The maximum absolute atomic E-state index is 12.5. The number of hydrogen-bond acceptors (Lipinski definition) is 5. The fourth-order valence-electron chi connectivity index (χ4n) is 2.27. The van der Waals surface area contributed by atoms with Crippen LogP contribution in [0.2, 0.25) is 0 Å². The topological polar surface area (TPSA) is 110 Å². The molecular formula is C13H18N2O5S. The van der Waals surface area contributed by atoms with E-state index in [1.54, 1.807) is 0 Å². The lowest BCUT2D eigenvalue weighted by molar-refractivity contribution is 0.0692. The van der Waals surface area contributed by atoms with Crippen molar-refractivity contribution in [3.63, 3.8) is 0 Å². The zero-order valence-electron chi connectivity index (χ0n) is 11.7. The molecule has 21 heavy (non-hydrogen) atoms. The first-order chi connectivity index (χ1) is 9.82. The van der Waals surface area contributed by atoms with Crippen molar-refractivity contribution in [2.45, 2.75) is 23.8 Å². The number of aromatic carboxylic acids is 1. The molecule has 1 atom stereocenters. The van der Waals surface area contributed by atoms with Crippen molar-refractivity contribution in [2.75, 3.05) is 25.9 Å². The second-order valence-corrected chi connectivity index (χ2v) is 6.99. The lowest BCUT2D eigenvalue weighted by Gasteiger charge is -2.21. The Kier molecular flexibility index (Phi) is 4.50. The van der Waals surface area contributed by atoms with E-state index in [1.165, 1.54) is 25.2 Å². The van der Waals surface area contributed by atoms with Gasteiger partial charge in [0.15, 0.2) is 0 Å². The molecule has 1 aliphatic heterocycles. The molecule has 0 aromatic heterocycles. The molecule has 1 aromatic rings. The number of carbonyl (C=O) groups is 1. The number of hydrogen-bond donors (Lipinski definition) is 2. The molecule has 0 radical (unpaired) electrons. The highest BCUT2D eigenvalue weighted by Gasteiger charge is 2.29. The van der Waals surface area contributed by atoms with Gasteiger partial charge in [0.25, 0.3) is 0 Å². The fourth-order valence-corrected chi connectivity index (χ4v) is 3.69. The number of likely N-dealkylation sites (N-methyl/N-ethyl adjacent to an activating group) is 1. The zero-order chi connectivity index (χ0) is 15.6. The van der Waals surface area contributed by atoms with Gasteiger partial charge in [0.05, 0.1) is 16.6 Å². The molecule has 2 rings (SSSR count). The standard InChI is InChI=1S/C13H18N2O5S/c1-15(8-10-3-2-6-20-10)21(18,19)12-7-9(14)4-5-11(12)13(16)17/h4-5,7,10H,2-3,6,8,14H2,1H3,(H,16,17). The molecule has 3 N–H and O–H groups in total. The van der Waals surface area contributed by atoms with Crippen molar-refractivity contribution in [1.29, 1.82) is 0 Å². The van der Waals surface area contributed by atoms with Gasteiger partial charge < -0.3 is 15.6 Å². The summed E-state index contributed by atoms with van der Waals surface area (Å²) in [6, 6.07) is 3.73. The Labute approximate surface area is 123 Å². The van der Waals surface area contributed by atoms with Crippen LogP contribution in [-0.4, -0.2) is 50.1 Å². The molecular weight excluding hydrogens is 296 g/mol. The fraction of sp³-hybridized carbons (Fsp3) is 0.462. The van der Waals surface area contributed by atoms with Crippen LogP contribution >= 0.6 is 0 Å². The summed E-state index contributed by atoms with van der Waals surface area (Å²) < 4.78 is 31.6. The number of nitrogen functional groups attached to an aromatic ring is 1. The van der Waals surface area contributed by atoms with Gasteiger partial charge in [0.1, 0.15) is 0 Å². The normalized spacial score (nSPS) is 19.0. The molecule has 1 fully saturated rings. The number of ether oxygens (including phenoxy) is 1. The van der Waals surface area contributed by atoms with Crippen LogP contribution in [0.3, 0.4) is 0 Å². The van der Waals surface area contributed by atoms with Crippen LogP contribution in [0.25, 0.3) is 0 Å². The largest absolute Gasteiger partial charge is 0.478 e. The third-order valence-corrected chi connectivity index (χ3v) is 5.27. The Morgan fingerprint density at radius 1 is 1.52 bits per heavy atom. The van der Waals surface area contributed by atoms with Crippen LogP contribution in [0.15, 0.2) is 23.1 Å². The molecule has 116 valence electrons. The maximum Gasteiger partial charge on any atom is 0.337 e. The number of nitrogens with zero attached hydrogens (tertiary/aromatic N) is 1. The van der Waals surface area contributed by atoms with Crippen molar-refractivity contribution in [3.05, 3.63) is 23.8 Å². The molecule has 0 bridgehead atoms. The summed E-state index contributed by atoms with van der Waals surface area (Å²) in [6.07, 6.45) is 1.54. The van der Waals surface area contributed by atoms with Crippen LogP contribution in [0.1, 0.15) is 23.2 Å². The minimum Gasteiger partial charge on any atom is -0.478 e. The van der Waals surface area contributed by atoms with Gasteiger partial charge in [-0.2, -0.15) is 4.31 Å². The van der Waals surface area contributed by atoms with Crippen molar-refractivity contribution in [1.82, 2.24) is 4.31 Å². The molecule has 0 aliphatic carbocycles. The highest BCUT2D eigenvalue weighted by Crippen LogP contribution is 2.24. The third-order valence-electron chi connectivity index (χ3n) is 3.41. The number of carboxylic acids is 1. The summed E-state index contributed by atoms with van der Waals surface area (Å²) in [5.74, 6) is -1.31. The van der Waals surface area contributed by atoms with E-state index >= 15 is 0 Å². The predicted octanol–water partition coefficient (Wildman–Crippen LogP) is 0.766. The van der Waals surface area contributed by atoms with E-state index in [2.05, 4.69) is 0 Å². The first-order valence-electron chi connectivity index (χ1n) is 6.53. The third kappa shape index (κ3) is 3.34. The Morgan fingerprint density at radius 3 is 2.81 bits per heavy atom. The SMILES string of the molecule is CN(CC1CCCO1)S(=O)(=O)c1cc(N)ccc1C(=O)O. The van der Waals surface area contributed by atoms with Crippen molar-refractivity contribution < 1.29 is 23.1 Å². The first-order valence-corrected chi connectivity index (χ1v) is 7.97. The van der Waals surface area contributed by atoms with Gasteiger partial charge >= 0.3 is 5.97 Å². The molecule has 7 nitrogen and oxygen atoms in total. The van der Waals surface area contributed by atoms with Crippen LogP contribution in [0.4, 0.5) is 5.69 Å². The van der Waals surface area contributed by atoms with Crippen LogP contribution in [0, 0.1) is 0 Å². The molecule has 1 heterocycles. The Hall–Kier alpha value is -1.64. The smallest absolute Gasteiger partial charge is 0.337 e. The summed E-state index contributed by atoms with van der Waals surface area (Å²) in [7, 11) is -2.52. The second kappa shape index (κ2) is 6.00. The molecule has 0 amide bonds. The van der Waals surface area contributed by atoms with Crippen LogP contribution in [-0.2, 0) is 14.8 Å². The number of anilines is 1. The number of nitrogens with two attached hydrogens (primary N) is 1. The highest BCUT2D eigenvalue weighted by atomic mass is 32.2. The zero-order valence-corrected chi connectivity index (χ0v) is 12.5. The van der Waals surface area contributed by atoms with Gasteiger partial charge in [-0.1, -0.05) is 0 Å². The molecule has 8 heteroatoms. The monoisotopic (exact) mass is 314 g/mol. The van der Waals surface area contributed by atoms with E-state index in [0.717, 1.165) is 17.1 Å². The molecule has 0 saturated carbocycles. The molecule has 1 unspecified atom stereocenters. The number of benzene rings is 1. The van der Waals surface area contributed by atoms with Crippen molar-refractivity contribution in [2.24, 2.45) is 0 Å². The predicted molar refractivity (Wildman–Crippen MR) is 76.6 cm³/mol. The van der Waals surface area contributed by atoms with E-state index in [1.807, 2.05) is 0 Å². The van der Waals surface area contributed by atoms with E-state index in [0.29, 0.717) is 6.61 Å². The average molecular weight is 314 g/mol. The maximum atomic E-state index is 12.5. The van der Waals surface area contributed by atoms with E-state index in [4.69, 9.17) is 15.6 Å². The highest BCUT2D eigenvalue weighted by molar-refractivity contribution is 7.89. The van der Waals surface area contributed by atoms with Gasteiger partial charge in [-0.25, -0.2) is 13.2 Å². The Morgan fingerprint density at radius 2 is 2.24 bits per heavy atom. The molecule has 0 spiro atoms. The quantitative estimate of drug-likeness (QED) is 0.777. The van der Waals surface area contributed by atoms with Gasteiger partial charge in [0, 0.05) is 25.9 Å². The van der Waals surface area contributed by atoms with E-state index in [9.17, 15) is 13.2 Å². The lowest BCUT2D eigenvalue weighted by Crippen LogP contribution is -2.34. The van der Waals surface area contributed by atoms with E-state index < -0.39 is 16.0 Å². The second-order valence-electron chi connectivity index (χ2n) is 4.98. The lowest BCUT2D eigenvalue weighted by atomic mass is 10.2.